The lowest BCUT2D eigenvalue weighted by molar-refractivity contribution is -0.122. The summed E-state index contributed by atoms with van der Waals surface area (Å²) in [6, 6.07) is 6.71. The van der Waals surface area contributed by atoms with Crippen LogP contribution in [0, 0.1) is 5.41 Å². The van der Waals surface area contributed by atoms with Crippen molar-refractivity contribution >= 4 is 46.0 Å². The molecule has 0 aliphatic carbocycles. The molecule has 0 radical (unpaired) electrons. The first-order valence-corrected chi connectivity index (χ1v) is 6.42. The highest BCUT2D eigenvalue weighted by atomic mass is 35.5. The summed E-state index contributed by atoms with van der Waals surface area (Å²) in [4.78, 5) is 23.0. The third-order valence-corrected chi connectivity index (χ3v) is 3.54. The third kappa shape index (κ3) is 3.24. The molecular weight excluding hydrogens is 274 g/mol. The van der Waals surface area contributed by atoms with E-state index in [1.54, 1.807) is 24.3 Å². The van der Waals surface area contributed by atoms with Gasteiger partial charge >= 0.3 is 0 Å². The van der Waals surface area contributed by atoms with E-state index in [0.29, 0.717) is 10.7 Å². The van der Waals surface area contributed by atoms with E-state index < -0.39 is 5.25 Å². The van der Waals surface area contributed by atoms with E-state index in [9.17, 15) is 9.59 Å². The lowest BCUT2D eigenvalue weighted by Crippen LogP contribution is -2.27. The van der Waals surface area contributed by atoms with Gasteiger partial charge in [-0.05, 0) is 24.3 Å². The Kier molecular flexibility index (Phi) is 3.88. The highest BCUT2D eigenvalue weighted by molar-refractivity contribution is 8.15. The Balaban J connectivity index is 1.91. The van der Waals surface area contributed by atoms with Crippen LogP contribution in [-0.2, 0) is 9.59 Å². The predicted octanol–water partition coefficient (Wildman–Crippen LogP) is 1.83. The molecule has 1 atom stereocenters. The number of nitrogens with one attached hydrogen (secondary N) is 3. The van der Waals surface area contributed by atoms with Gasteiger partial charge < -0.3 is 10.6 Å². The summed E-state index contributed by atoms with van der Waals surface area (Å²) in [5.41, 5.74) is 0.628. The topological polar surface area (TPSA) is 82.1 Å². The number of rotatable bonds is 3. The van der Waals surface area contributed by atoms with Crippen molar-refractivity contribution in [1.82, 2.24) is 5.32 Å². The molecule has 1 fully saturated rings. The number of benzene rings is 1. The maximum atomic E-state index is 11.7. The quantitative estimate of drug-likeness (QED) is 0.791. The minimum absolute atomic E-state index is 0.0432. The Morgan fingerprint density at radius 2 is 2.11 bits per heavy atom. The molecule has 18 heavy (non-hydrogen) atoms. The minimum atomic E-state index is -0.523. The van der Waals surface area contributed by atoms with Crippen LogP contribution in [0.25, 0.3) is 0 Å². The molecule has 0 aromatic heterocycles. The van der Waals surface area contributed by atoms with Crippen LogP contribution in [0.2, 0.25) is 5.02 Å². The first-order valence-electron chi connectivity index (χ1n) is 5.16. The second kappa shape index (κ2) is 5.41. The van der Waals surface area contributed by atoms with Crippen LogP contribution in [0.3, 0.4) is 0 Å². The van der Waals surface area contributed by atoms with Crippen molar-refractivity contribution in [2.45, 2.75) is 11.7 Å². The molecule has 0 saturated carbocycles. The molecule has 5 nitrogen and oxygen atoms in total. The van der Waals surface area contributed by atoms with Crippen LogP contribution in [0.5, 0.6) is 0 Å². The van der Waals surface area contributed by atoms with E-state index in [4.69, 9.17) is 17.0 Å². The normalized spacial score (nSPS) is 18.6. The third-order valence-electron chi connectivity index (χ3n) is 2.29. The Labute approximate surface area is 113 Å². The van der Waals surface area contributed by atoms with Crippen LogP contribution in [0.4, 0.5) is 5.69 Å². The molecule has 1 saturated heterocycles. The predicted molar refractivity (Wildman–Crippen MR) is 71.9 cm³/mol. The van der Waals surface area contributed by atoms with Crippen molar-refractivity contribution in [3.8, 4) is 0 Å². The van der Waals surface area contributed by atoms with Gasteiger partial charge in [0.15, 0.2) is 5.17 Å². The van der Waals surface area contributed by atoms with Crippen LogP contribution >= 0.6 is 23.4 Å². The lowest BCUT2D eigenvalue weighted by Gasteiger charge is -2.07. The maximum absolute atomic E-state index is 11.7. The number of amidine groups is 1. The molecule has 0 bridgehead atoms. The second-order valence-corrected chi connectivity index (χ2v) is 5.33. The van der Waals surface area contributed by atoms with E-state index >= 15 is 0 Å². The minimum Gasteiger partial charge on any atom is -0.326 e. The zero-order valence-electron chi connectivity index (χ0n) is 9.20. The molecule has 1 aliphatic rings. The van der Waals surface area contributed by atoms with E-state index in [0.717, 1.165) is 11.8 Å². The number of carbonyl (C=O) groups is 2. The molecule has 1 aromatic rings. The van der Waals surface area contributed by atoms with Gasteiger partial charge in [-0.25, -0.2) is 0 Å². The average molecular weight is 284 g/mol. The summed E-state index contributed by atoms with van der Waals surface area (Å²) in [5, 5.41) is 12.5. The standard InChI is InChI=1S/C11H10ClN3O2S/c12-6-1-3-7(4-2-6)14-9(16)5-8-10(17)15-11(13)18-8/h1-4,8H,5H2,(H,14,16)(H2,13,15,17). The monoisotopic (exact) mass is 283 g/mol. The molecule has 1 heterocycles. The van der Waals surface area contributed by atoms with Crippen LogP contribution in [-0.4, -0.2) is 22.2 Å². The van der Waals surface area contributed by atoms with Gasteiger partial charge in [-0.3, -0.25) is 15.0 Å². The average Bonchev–Trinajstić information content (AvgIpc) is 2.61. The fourth-order valence-corrected chi connectivity index (χ4v) is 2.44. The summed E-state index contributed by atoms with van der Waals surface area (Å²) in [5.74, 6) is -0.559. The van der Waals surface area contributed by atoms with E-state index in [-0.39, 0.29) is 23.4 Å². The van der Waals surface area contributed by atoms with Gasteiger partial charge in [0.1, 0.15) is 5.25 Å². The van der Waals surface area contributed by atoms with Crippen LogP contribution in [0.1, 0.15) is 6.42 Å². The molecule has 1 aliphatic heterocycles. The summed E-state index contributed by atoms with van der Waals surface area (Å²) in [6.07, 6.45) is 0.0432. The summed E-state index contributed by atoms with van der Waals surface area (Å²) >= 11 is 6.78. The van der Waals surface area contributed by atoms with Crippen LogP contribution in [0.15, 0.2) is 24.3 Å². The molecule has 2 rings (SSSR count). The Morgan fingerprint density at radius 1 is 1.44 bits per heavy atom. The second-order valence-electron chi connectivity index (χ2n) is 3.68. The molecule has 7 heteroatoms. The van der Waals surface area contributed by atoms with Crippen molar-refractivity contribution in [2.24, 2.45) is 0 Å². The Hall–Kier alpha value is -1.53. The van der Waals surface area contributed by atoms with E-state index in [2.05, 4.69) is 10.6 Å². The molecule has 1 aromatic carbocycles. The highest BCUT2D eigenvalue weighted by Crippen LogP contribution is 2.22. The summed E-state index contributed by atoms with van der Waals surface area (Å²) in [7, 11) is 0. The van der Waals surface area contributed by atoms with Crippen molar-refractivity contribution in [3.63, 3.8) is 0 Å². The van der Waals surface area contributed by atoms with Crippen molar-refractivity contribution in [3.05, 3.63) is 29.3 Å². The highest BCUT2D eigenvalue weighted by Gasteiger charge is 2.31. The first-order chi connectivity index (χ1) is 8.54. The number of anilines is 1. The molecule has 0 spiro atoms. The molecule has 2 amide bonds. The fourth-order valence-electron chi connectivity index (χ4n) is 1.47. The van der Waals surface area contributed by atoms with E-state index in [1.165, 1.54) is 0 Å². The number of thioether (sulfide) groups is 1. The molecule has 94 valence electrons. The summed E-state index contributed by atoms with van der Waals surface area (Å²) in [6.45, 7) is 0. The Bertz CT molecular complexity index is 504. The summed E-state index contributed by atoms with van der Waals surface area (Å²) < 4.78 is 0. The first kappa shape index (κ1) is 12.9. The molecular formula is C11H10ClN3O2S. The van der Waals surface area contributed by atoms with Crippen LogP contribution < -0.4 is 10.6 Å². The van der Waals surface area contributed by atoms with Gasteiger partial charge in [-0.1, -0.05) is 23.4 Å². The Morgan fingerprint density at radius 3 is 2.67 bits per heavy atom. The molecule has 1 unspecified atom stereocenters. The van der Waals surface area contributed by atoms with Gasteiger partial charge in [0, 0.05) is 17.1 Å². The number of hydrogen-bond donors (Lipinski definition) is 3. The fraction of sp³-hybridized carbons (Fsp3) is 0.182. The van der Waals surface area contributed by atoms with Gasteiger partial charge in [0.05, 0.1) is 0 Å². The number of halogens is 1. The molecule has 3 N–H and O–H groups in total. The smallest absolute Gasteiger partial charge is 0.240 e. The van der Waals surface area contributed by atoms with Crippen molar-refractivity contribution < 1.29 is 9.59 Å². The number of amides is 2. The lowest BCUT2D eigenvalue weighted by atomic mass is 10.2. The SMILES string of the molecule is N=C1NC(=O)C(CC(=O)Nc2ccc(Cl)cc2)S1. The zero-order valence-corrected chi connectivity index (χ0v) is 10.8. The number of hydrogen-bond acceptors (Lipinski definition) is 4. The number of carbonyl (C=O) groups excluding carboxylic acids is 2. The largest absolute Gasteiger partial charge is 0.326 e. The van der Waals surface area contributed by atoms with E-state index in [1.807, 2.05) is 0 Å². The van der Waals surface area contributed by atoms with Gasteiger partial charge in [-0.15, -0.1) is 0 Å². The van der Waals surface area contributed by atoms with Crippen molar-refractivity contribution in [1.29, 1.82) is 5.41 Å². The van der Waals surface area contributed by atoms with Gasteiger partial charge in [-0.2, -0.15) is 0 Å². The zero-order chi connectivity index (χ0) is 13.1. The van der Waals surface area contributed by atoms with Gasteiger partial charge in [0.25, 0.3) is 0 Å². The van der Waals surface area contributed by atoms with Crippen molar-refractivity contribution in [2.75, 3.05) is 5.32 Å². The van der Waals surface area contributed by atoms with Gasteiger partial charge in [0.2, 0.25) is 11.8 Å². The maximum Gasteiger partial charge on any atom is 0.240 e.